The summed E-state index contributed by atoms with van der Waals surface area (Å²) in [6, 6.07) is 2.18. The first-order chi connectivity index (χ1) is 9.69. The number of H-pyrrole nitrogens is 1. The van der Waals surface area contributed by atoms with Crippen LogP contribution in [-0.2, 0) is 13.8 Å². The van der Waals surface area contributed by atoms with Gasteiger partial charge in [-0.2, -0.15) is 4.39 Å². The lowest BCUT2D eigenvalue weighted by Gasteiger charge is -2.15. The van der Waals surface area contributed by atoms with Crippen molar-refractivity contribution in [3.63, 3.8) is 0 Å². The Morgan fingerprint density at radius 2 is 2.05 bits per heavy atom. The second kappa shape index (κ2) is 6.34. The number of pyridine rings is 1. The number of halogens is 3. The Morgan fingerprint density at radius 3 is 2.62 bits per heavy atom. The monoisotopic (exact) mass is 361 g/mol. The molecular formula is C10H11Cl2FNO6P. The summed E-state index contributed by atoms with van der Waals surface area (Å²) in [5.41, 5.74) is -0.794. The van der Waals surface area contributed by atoms with Gasteiger partial charge < -0.3 is 19.5 Å². The molecule has 0 spiro atoms. The van der Waals surface area contributed by atoms with E-state index < -0.39 is 48.6 Å². The molecule has 1 aromatic rings. The molecule has 1 aliphatic heterocycles. The molecule has 0 radical (unpaired) electrons. The van der Waals surface area contributed by atoms with E-state index in [1.807, 2.05) is 4.98 Å². The first kappa shape index (κ1) is 16.9. The van der Waals surface area contributed by atoms with Crippen molar-refractivity contribution in [3.8, 4) is 0 Å². The highest BCUT2D eigenvalue weighted by atomic mass is 35.9. The number of ether oxygens (including phenoxy) is 1. The van der Waals surface area contributed by atoms with Gasteiger partial charge in [0.2, 0.25) is 5.56 Å². The molecule has 1 unspecified atom stereocenters. The molecule has 0 saturated carbocycles. The summed E-state index contributed by atoms with van der Waals surface area (Å²) in [6.07, 6.45) is -9.06. The number of aliphatic hydroxyl groups is 2. The van der Waals surface area contributed by atoms with Crippen molar-refractivity contribution in [2.24, 2.45) is 0 Å². The minimum atomic E-state index is -3.82. The fourth-order valence-corrected chi connectivity index (χ4v) is 2.64. The van der Waals surface area contributed by atoms with Gasteiger partial charge in [0.25, 0.3) is 0 Å². The first-order valence-electron chi connectivity index (χ1n) is 5.73. The molecular weight excluding hydrogens is 351 g/mol. The Bertz CT molecular complexity index is 622. The summed E-state index contributed by atoms with van der Waals surface area (Å²) in [7, 11) is 0. The Hall–Kier alpha value is -0.470. The summed E-state index contributed by atoms with van der Waals surface area (Å²) < 4.78 is 34.5. The molecule has 7 nitrogen and oxygen atoms in total. The molecule has 0 aromatic carbocycles. The molecule has 118 valence electrons. The van der Waals surface area contributed by atoms with E-state index in [0.29, 0.717) is 0 Å². The van der Waals surface area contributed by atoms with Gasteiger partial charge in [-0.3, -0.25) is 14.3 Å². The van der Waals surface area contributed by atoms with Gasteiger partial charge in [-0.05, 0) is 28.5 Å². The highest BCUT2D eigenvalue weighted by Gasteiger charge is 2.45. The summed E-state index contributed by atoms with van der Waals surface area (Å²) in [4.78, 5) is 12.9. The predicted molar refractivity (Wildman–Crippen MR) is 71.9 cm³/mol. The number of aromatic amines is 1. The van der Waals surface area contributed by atoms with E-state index in [2.05, 4.69) is 4.52 Å². The van der Waals surface area contributed by atoms with Crippen LogP contribution < -0.4 is 5.56 Å². The van der Waals surface area contributed by atoms with Crippen molar-refractivity contribution in [2.45, 2.75) is 24.4 Å². The van der Waals surface area contributed by atoms with Crippen LogP contribution in [0.15, 0.2) is 16.9 Å². The third kappa shape index (κ3) is 4.04. The Kier molecular flexibility index (Phi) is 5.10. The Morgan fingerprint density at radius 1 is 1.38 bits per heavy atom. The molecule has 0 amide bonds. The van der Waals surface area contributed by atoms with E-state index in [1.54, 1.807) is 0 Å². The lowest BCUT2D eigenvalue weighted by Crippen LogP contribution is -2.33. The van der Waals surface area contributed by atoms with E-state index in [4.69, 9.17) is 27.2 Å². The van der Waals surface area contributed by atoms with Crippen molar-refractivity contribution < 1.29 is 28.4 Å². The Labute approximate surface area is 127 Å². The Balaban J connectivity index is 2.16. The molecule has 21 heavy (non-hydrogen) atoms. The quantitative estimate of drug-likeness (QED) is 0.550. The molecule has 3 N–H and O–H groups in total. The molecule has 0 aliphatic carbocycles. The average molecular weight is 362 g/mol. The van der Waals surface area contributed by atoms with E-state index in [-0.39, 0.29) is 5.56 Å². The van der Waals surface area contributed by atoms with Gasteiger partial charge in [0.05, 0.1) is 6.61 Å². The average Bonchev–Trinajstić information content (AvgIpc) is 2.64. The zero-order valence-electron chi connectivity index (χ0n) is 10.3. The second-order valence-electron chi connectivity index (χ2n) is 4.38. The van der Waals surface area contributed by atoms with Crippen LogP contribution >= 0.6 is 28.6 Å². The van der Waals surface area contributed by atoms with Gasteiger partial charge >= 0.3 is 6.07 Å². The van der Waals surface area contributed by atoms with Gasteiger partial charge in [-0.25, -0.2) is 0 Å². The van der Waals surface area contributed by atoms with Gasteiger partial charge in [0.15, 0.2) is 5.95 Å². The maximum Gasteiger partial charge on any atom is 0.380 e. The number of nitrogens with one attached hydrogen (secondary N) is 1. The summed E-state index contributed by atoms with van der Waals surface area (Å²) in [5.74, 6) is -0.985. The third-order valence-corrected chi connectivity index (χ3v) is 3.99. The summed E-state index contributed by atoms with van der Waals surface area (Å²) in [6.45, 7) is -0.454. The number of hydrogen-bond acceptors (Lipinski definition) is 6. The van der Waals surface area contributed by atoms with E-state index in [9.17, 15) is 24.0 Å². The minimum absolute atomic E-state index is 0.136. The first-order valence-corrected chi connectivity index (χ1v) is 9.17. The molecule has 0 bridgehead atoms. The molecule has 1 aromatic heterocycles. The van der Waals surface area contributed by atoms with Crippen LogP contribution in [0.2, 0.25) is 0 Å². The predicted octanol–water partition coefficient (Wildman–Crippen LogP) is 1.28. The lowest BCUT2D eigenvalue weighted by molar-refractivity contribution is -0.0165. The summed E-state index contributed by atoms with van der Waals surface area (Å²) >= 11 is 10.4. The fourth-order valence-electron chi connectivity index (χ4n) is 1.98. The van der Waals surface area contributed by atoms with Crippen LogP contribution in [0.3, 0.4) is 0 Å². The SMILES string of the molecule is O=c1ccc([C@@H]2O[C@H](COP(=O)(Cl)Cl)C(O)[C@@H]2O)c(F)[nH]1. The third-order valence-electron chi connectivity index (χ3n) is 2.96. The van der Waals surface area contributed by atoms with Crippen molar-refractivity contribution in [2.75, 3.05) is 6.61 Å². The molecule has 2 heterocycles. The van der Waals surface area contributed by atoms with E-state index >= 15 is 0 Å². The normalized spacial score (nSPS) is 29.8. The molecule has 1 fully saturated rings. The second-order valence-corrected chi connectivity index (χ2v) is 8.66. The van der Waals surface area contributed by atoms with Crippen LogP contribution in [0.1, 0.15) is 11.7 Å². The number of rotatable bonds is 4. The maximum atomic E-state index is 13.7. The molecule has 4 atom stereocenters. The van der Waals surface area contributed by atoms with E-state index in [1.165, 1.54) is 0 Å². The van der Waals surface area contributed by atoms with Crippen LogP contribution in [0, 0.1) is 5.95 Å². The van der Waals surface area contributed by atoms with Crippen molar-refractivity contribution in [3.05, 3.63) is 34.0 Å². The van der Waals surface area contributed by atoms with Crippen molar-refractivity contribution in [1.82, 2.24) is 4.98 Å². The molecule has 1 saturated heterocycles. The number of hydrogen-bond donors (Lipinski definition) is 3. The number of aliphatic hydroxyl groups excluding tert-OH is 2. The van der Waals surface area contributed by atoms with Crippen molar-refractivity contribution >= 4 is 28.6 Å². The topological polar surface area (TPSA) is 109 Å². The zero-order valence-corrected chi connectivity index (χ0v) is 12.7. The van der Waals surface area contributed by atoms with Gasteiger partial charge in [-0.1, -0.05) is 0 Å². The van der Waals surface area contributed by atoms with Crippen LogP contribution in [0.4, 0.5) is 4.39 Å². The van der Waals surface area contributed by atoms with Gasteiger partial charge in [-0.15, -0.1) is 0 Å². The minimum Gasteiger partial charge on any atom is -0.387 e. The zero-order chi connectivity index (χ0) is 15.8. The van der Waals surface area contributed by atoms with E-state index in [0.717, 1.165) is 12.1 Å². The molecule has 2 rings (SSSR count). The van der Waals surface area contributed by atoms with Crippen LogP contribution in [-0.4, -0.2) is 40.1 Å². The number of aromatic nitrogens is 1. The highest BCUT2D eigenvalue weighted by Crippen LogP contribution is 2.57. The highest BCUT2D eigenvalue weighted by molar-refractivity contribution is 8.05. The van der Waals surface area contributed by atoms with Crippen LogP contribution in [0.5, 0.6) is 0 Å². The lowest BCUT2D eigenvalue weighted by atomic mass is 10.0. The summed E-state index contributed by atoms with van der Waals surface area (Å²) in [5, 5.41) is 19.7. The standard InChI is InChI=1S/C10H11Cl2FNO6P/c11-21(12,18)19-3-5-7(16)8(17)9(20-5)4-1-2-6(15)14-10(4)13/h1-2,5,7-9,16-17H,3H2,(H,14,15)/t5-,7?,8+,9+/m1/s1. The molecule has 11 heteroatoms. The van der Waals surface area contributed by atoms with Crippen LogP contribution in [0.25, 0.3) is 0 Å². The fraction of sp³-hybridized carbons (Fsp3) is 0.500. The maximum absolute atomic E-state index is 13.7. The van der Waals surface area contributed by atoms with Gasteiger partial charge in [0, 0.05) is 11.6 Å². The largest absolute Gasteiger partial charge is 0.387 e. The van der Waals surface area contributed by atoms with Gasteiger partial charge in [0.1, 0.15) is 24.4 Å². The molecule has 1 aliphatic rings. The smallest absolute Gasteiger partial charge is 0.380 e. The van der Waals surface area contributed by atoms with Crippen molar-refractivity contribution in [1.29, 1.82) is 0 Å².